The molecule has 2 rings (SSSR count). The first-order valence-corrected chi connectivity index (χ1v) is 5.91. The van der Waals surface area contributed by atoms with Crippen LogP contribution in [0.1, 0.15) is 15.9 Å². The lowest BCUT2D eigenvalue weighted by atomic mass is 10.2. The highest BCUT2D eigenvalue weighted by Crippen LogP contribution is 2.16. The van der Waals surface area contributed by atoms with Crippen LogP contribution in [0.25, 0.3) is 0 Å². The summed E-state index contributed by atoms with van der Waals surface area (Å²) in [5.74, 6) is -5.47. The Morgan fingerprint density at radius 2 is 1.75 bits per heavy atom. The molecule has 6 heteroatoms. The summed E-state index contributed by atoms with van der Waals surface area (Å²) in [6.07, 6.45) is 0. The van der Waals surface area contributed by atoms with Crippen LogP contribution in [0.2, 0.25) is 5.02 Å². The Hall–Kier alpha value is -2.01. The van der Waals surface area contributed by atoms with E-state index in [1.54, 1.807) is 24.3 Å². The fourth-order valence-corrected chi connectivity index (χ4v) is 1.75. The summed E-state index contributed by atoms with van der Waals surface area (Å²) in [5, 5.41) is 0.470. The molecule has 0 atom stereocenters. The Kier molecular flexibility index (Phi) is 4.29. The van der Waals surface area contributed by atoms with Gasteiger partial charge in [-0.1, -0.05) is 23.7 Å². The number of carbonyl (C=O) groups excluding carboxylic acids is 1. The normalized spacial score (nSPS) is 10.4. The van der Waals surface area contributed by atoms with E-state index < -0.39 is 29.0 Å². The molecule has 0 fully saturated rings. The molecule has 0 spiro atoms. The predicted molar refractivity (Wildman–Crippen MR) is 66.9 cm³/mol. The minimum absolute atomic E-state index is 0.111. The Morgan fingerprint density at radius 1 is 1.10 bits per heavy atom. The highest BCUT2D eigenvalue weighted by Gasteiger charge is 2.16. The van der Waals surface area contributed by atoms with Gasteiger partial charge in [-0.2, -0.15) is 0 Å². The van der Waals surface area contributed by atoms with Crippen molar-refractivity contribution in [2.24, 2.45) is 0 Å². The van der Waals surface area contributed by atoms with Crippen molar-refractivity contribution in [3.05, 3.63) is 70.0 Å². The molecule has 20 heavy (non-hydrogen) atoms. The van der Waals surface area contributed by atoms with Gasteiger partial charge in [-0.05, 0) is 29.8 Å². The van der Waals surface area contributed by atoms with Gasteiger partial charge < -0.3 is 4.74 Å². The monoisotopic (exact) mass is 300 g/mol. The van der Waals surface area contributed by atoms with E-state index in [0.717, 1.165) is 0 Å². The standard InChI is InChI=1S/C14H8ClF3O2/c15-10-3-1-2-8(4-10)7-20-14(19)9-5-11(16)13(18)12(17)6-9/h1-6H,7H2. The van der Waals surface area contributed by atoms with Gasteiger partial charge in [0.15, 0.2) is 17.5 Å². The average molecular weight is 301 g/mol. The van der Waals surface area contributed by atoms with Gasteiger partial charge in [0.2, 0.25) is 0 Å². The van der Waals surface area contributed by atoms with Crippen molar-refractivity contribution in [3.63, 3.8) is 0 Å². The number of halogens is 4. The summed E-state index contributed by atoms with van der Waals surface area (Å²) in [6.45, 7) is -0.111. The zero-order valence-corrected chi connectivity index (χ0v) is 10.8. The highest BCUT2D eigenvalue weighted by atomic mass is 35.5. The number of rotatable bonds is 3. The molecule has 0 aromatic heterocycles. The fourth-order valence-electron chi connectivity index (χ4n) is 1.53. The highest BCUT2D eigenvalue weighted by molar-refractivity contribution is 6.30. The third-order valence-electron chi connectivity index (χ3n) is 2.48. The second-order valence-electron chi connectivity index (χ2n) is 3.96. The van der Waals surface area contributed by atoms with Crippen LogP contribution in [0.3, 0.4) is 0 Å². The van der Waals surface area contributed by atoms with E-state index in [-0.39, 0.29) is 6.61 Å². The van der Waals surface area contributed by atoms with Gasteiger partial charge in [-0.3, -0.25) is 0 Å². The first-order chi connectivity index (χ1) is 9.47. The van der Waals surface area contributed by atoms with Gasteiger partial charge in [0.25, 0.3) is 0 Å². The predicted octanol–water partition coefficient (Wildman–Crippen LogP) is 4.11. The van der Waals surface area contributed by atoms with Crippen LogP contribution in [-0.2, 0) is 11.3 Å². The number of ether oxygens (including phenoxy) is 1. The van der Waals surface area contributed by atoms with E-state index in [2.05, 4.69) is 0 Å². The van der Waals surface area contributed by atoms with Crippen LogP contribution in [0.15, 0.2) is 36.4 Å². The van der Waals surface area contributed by atoms with Crippen molar-refractivity contribution < 1.29 is 22.7 Å². The Morgan fingerprint density at radius 3 is 2.35 bits per heavy atom. The number of carbonyl (C=O) groups is 1. The molecule has 0 saturated carbocycles. The third-order valence-corrected chi connectivity index (χ3v) is 2.71. The van der Waals surface area contributed by atoms with E-state index in [9.17, 15) is 18.0 Å². The summed E-state index contributed by atoms with van der Waals surface area (Å²) in [7, 11) is 0. The maximum Gasteiger partial charge on any atom is 0.338 e. The summed E-state index contributed by atoms with van der Waals surface area (Å²) >= 11 is 5.75. The molecular weight excluding hydrogens is 293 g/mol. The maximum atomic E-state index is 13.0. The van der Waals surface area contributed by atoms with E-state index in [4.69, 9.17) is 16.3 Å². The lowest BCUT2D eigenvalue weighted by Crippen LogP contribution is -2.07. The van der Waals surface area contributed by atoms with Gasteiger partial charge in [-0.25, -0.2) is 18.0 Å². The smallest absolute Gasteiger partial charge is 0.338 e. The Bertz CT molecular complexity index is 636. The third kappa shape index (κ3) is 3.30. The summed E-state index contributed by atoms with van der Waals surface area (Å²) in [4.78, 5) is 11.6. The zero-order chi connectivity index (χ0) is 14.7. The van der Waals surface area contributed by atoms with Gasteiger partial charge >= 0.3 is 5.97 Å². The molecule has 0 amide bonds. The number of benzene rings is 2. The van der Waals surface area contributed by atoms with Gasteiger partial charge in [0.05, 0.1) is 5.56 Å². The van der Waals surface area contributed by atoms with E-state index >= 15 is 0 Å². The lowest BCUT2D eigenvalue weighted by molar-refractivity contribution is 0.0471. The van der Waals surface area contributed by atoms with E-state index in [1.807, 2.05) is 0 Å². The summed E-state index contributed by atoms with van der Waals surface area (Å²) in [5.41, 5.74) is 0.220. The molecule has 0 aliphatic rings. The molecule has 2 aromatic rings. The maximum absolute atomic E-state index is 13.0. The van der Waals surface area contributed by atoms with Crippen LogP contribution < -0.4 is 0 Å². The van der Waals surface area contributed by atoms with Crippen LogP contribution >= 0.6 is 11.6 Å². The van der Waals surface area contributed by atoms with Gasteiger partial charge in [0.1, 0.15) is 6.61 Å². The molecule has 2 nitrogen and oxygen atoms in total. The van der Waals surface area contributed by atoms with Crippen LogP contribution in [0.5, 0.6) is 0 Å². The van der Waals surface area contributed by atoms with Crippen molar-refractivity contribution in [1.29, 1.82) is 0 Å². The summed E-state index contributed by atoms with van der Waals surface area (Å²) < 4.78 is 43.6. The molecule has 2 aromatic carbocycles. The van der Waals surface area contributed by atoms with Gasteiger partial charge in [0, 0.05) is 5.02 Å². The molecule has 0 bridgehead atoms. The second-order valence-corrected chi connectivity index (χ2v) is 4.40. The van der Waals surface area contributed by atoms with E-state index in [0.29, 0.717) is 22.7 Å². The molecule has 0 radical (unpaired) electrons. The zero-order valence-electron chi connectivity index (χ0n) is 10.00. The van der Waals surface area contributed by atoms with Crippen molar-refractivity contribution >= 4 is 17.6 Å². The molecule has 0 heterocycles. The van der Waals surface area contributed by atoms with Crippen LogP contribution in [0, 0.1) is 17.5 Å². The summed E-state index contributed by atoms with van der Waals surface area (Å²) in [6, 6.07) is 7.74. The average Bonchev–Trinajstić information content (AvgIpc) is 2.41. The van der Waals surface area contributed by atoms with Crippen molar-refractivity contribution in [2.45, 2.75) is 6.61 Å². The van der Waals surface area contributed by atoms with Crippen molar-refractivity contribution in [1.82, 2.24) is 0 Å². The molecule has 0 saturated heterocycles. The molecule has 0 aliphatic carbocycles. The topological polar surface area (TPSA) is 26.3 Å². The Balaban J connectivity index is 2.09. The molecule has 0 unspecified atom stereocenters. The van der Waals surface area contributed by atoms with Crippen molar-refractivity contribution in [3.8, 4) is 0 Å². The SMILES string of the molecule is O=C(OCc1cccc(Cl)c1)c1cc(F)c(F)c(F)c1. The largest absolute Gasteiger partial charge is 0.457 e. The quantitative estimate of drug-likeness (QED) is 0.630. The minimum Gasteiger partial charge on any atom is -0.457 e. The molecule has 104 valence electrons. The Labute approximate surface area is 117 Å². The number of esters is 1. The number of hydrogen-bond acceptors (Lipinski definition) is 2. The first-order valence-electron chi connectivity index (χ1n) is 5.53. The second kappa shape index (κ2) is 5.96. The van der Waals surface area contributed by atoms with Crippen LogP contribution in [0.4, 0.5) is 13.2 Å². The van der Waals surface area contributed by atoms with Crippen LogP contribution in [-0.4, -0.2) is 5.97 Å². The number of hydrogen-bond donors (Lipinski definition) is 0. The molecule has 0 aliphatic heterocycles. The molecular formula is C14H8ClF3O2. The lowest BCUT2D eigenvalue weighted by Gasteiger charge is -2.06. The van der Waals surface area contributed by atoms with E-state index in [1.165, 1.54) is 0 Å². The van der Waals surface area contributed by atoms with Crippen molar-refractivity contribution in [2.75, 3.05) is 0 Å². The van der Waals surface area contributed by atoms with Gasteiger partial charge in [-0.15, -0.1) is 0 Å². The minimum atomic E-state index is -1.63. The first kappa shape index (κ1) is 14.4. The molecule has 0 N–H and O–H groups in total. The fraction of sp³-hybridized carbons (Fsp3) is 0.0714.